The smallest absolute Gasteiger partial charge is 0.310 e. The molecule has 0 amide bonds. The highest BCUT2D eigenvalue weighted by molar-refractivity contribution is 5.80. The number of nitrogens with zero attached hydrogens (tertiary/aromatic N) is 1. The molecule has 0 aromatic carbocycles. The van der Waals surface area contributed by atoms with Crippen LogP contribution in [0.5, 0.6) is 0 Å². The summed E-state index contributed by atoms with van der Waals surface area (Å²) in [6.07, 6.45) is 7.43. The molecule has 0 spiro atoms. The van der Waals surface area contributed by atoms with Gasteiger partial charge < -0.3 is 29.2 Å². The molecule has 0 saturated carbocycles. The summed E-state index contributed by atoms with van der Waals surface area (Å²) in [6, 6.07) is 0. The minimum Gasteiger partial charge on any atom is -0.497 e. The summed E-state index contributed by atoms with van der Waals surface area (Å²) in [5.74, 6) is -0.455. The third-order valence-electron chi connectivity index (χ3n) is 6.77. The summed E-state index contributed by atoms with van der Waals surface area (Å²) >= 11 is 0. The number of methoxy groups -OCH3 is 2. The molecule has 1 heterocycles. The number of hydrogen-bond acceptors (Lipinski definition) is 8. The zero-order valence-electron chi connectivity index (χ0n) is 24.9. The summed E-state index contributed by atoms with van der Waals surface area (Å²) in [7, 11) is 4.97. The first-order valence-electron chi connectivity index (χ1n) is 13.7. The highest BCUT2D eigenvalue weighted by Crippen LogP contribution is 2.33. The topological polar surface area (TPSA) is 86.3 Å². The first-order valence-corrected chi connectivity index (χ1v) is 13.7. The van der Waals surface area contributed by atoms with Crippen LogP contribution < -0.4 is 5.32 Å². The Morgan fingerprint density at radius 2 is 1.89 bits per heavy atom. The molecular weight excluding hydrogens is 484 g/mol. The average molecular weight is 535 g/mol. The van der Waals surface area contributed by atoms with E-state index in [1.54, 1.807) is 7.11 Å². The third kappa shape index (κ3) is 10.6. The van der Waals surface area contributed by atoms with Crippen molar-refractivity contribution in [1.29, 1.82) is 0 Å². The number of ether oxygens (including phenoxy) is 4. The van der Waals surface area contributed by atoms with Crippen molar-refractivity contribution in [3.63, 3.8) is 0 Å². The van der Waals surface area contributed by atoms with Crippen LogP contribution in [0.25, 0.3) is 0 Å². The largest absolute Gasteiger partial charge is 0.497 e. The summed E-state index contributed by atoms with van der Waals surface area (Å²) in [6.45, 7) is 16.1. The van der Waals surface area contributed by atoms with Gasteiger partial charge in [0.15, 0.2) is 12.8 Å². The second kappa shape index (κ2) is 17.7. The summed E-state index contributed by atoms with van der Waals surface area (Å²) in [5, 5.41) is 3.19. The lowest BCUT2D eigenvalue weighted by atomic mass is 9.86. The van der Waals surface area contributed by atoms with E-state index in [1.165, 1.54) is 7.11 Å². The molecule has 216 valence electrons. The average Bonchev–Trinajstić information content (AvgIpc) is 3.29. The van der Waals surface area contributed by atoms with Crippen molar-refractivity contribution in [2.24, 2.45) is 11.8 Å². The van der Waals surface area contributed by atoms with E-state index in [2.05, 4.69) is 37.7 Å². The van der Waals surface area contributed by atoms with Crippen LogP contribution in [0.1, 0.15) is 73.1 Å². The Labute approximate surface area is 230 Å². The molecule has 8 nitrogen and oxygen atoms in total. The Balaban J connectivity index is 3.55. The zero-order chi connectivity index (χ0) is 28.7. The van der Waals surface area contributed by atoms with E-state index in [0.29, 0.717) is 25.5 Å². The van der Waals surface area contributed by atoms with Crippen molar-refractivity contribution in [2.45, 2.75) is 79.2 Å². The van der Waals surface area contributed by atoms with Crippen LogP contribution in [-0.2, 0) is 28.5 Å². The molecule has 38 heavy (non-hydrogen) atoms. The molecular formula is C30H50N2O6. The zero-order valence-corrected chi connectivity index (χ0v) is 24.9. The van der Waals surface area contributed by atoms with E-state index in [0.717, 1.165) is 54.8 Å². The van der Waals surface area contributed by atoms with Crippen molar-refractivity contribution in [3.8, 4) is 0 Å². The predicted octanol–water partition coefficient (Wildman–Crippen LogP) is 5.48. The van der Waals surface area contributed by atoms with Gasteiger partial charge in [0.25, 0.3) is 0 Å². The molecule has 8 heteroatoms. The van der Waals surface area contributed by atoms with Crippen molar-refractivity contribution in [1.82, 2.24) is 10.2 Å². The highest BCUT2D eigenvalue weighted by Gasteiger charge is 2.36. The van der Waals surface area contributed by atoms with Gasteiger partial charge in [-0.1, -0.05) is 45.3 Å². The minimum absolute atomic E-state index is 0.0148. The van der Waals surface area contributed by atoms with Gasteiger partial charge in [-0.2, -0.15) is 0 Å². The Bertz CT molecular complexity index is 876. The van der Waals surface area contributed by atoms with Gasteiger partial charge in [-0.05, 0) is 64.9 Å². The molecule has 0 fully saturated rings. The van der Waals surface area contributed by atoms with E-state index in [9.17, 15) is 9.59 Å². The number of allylic oxidation sites excluding steroid dienone is 4. The third-order valence-corrected chi connectivity index (χ3v) is 6.77. The predicted molar refractivity (Wildman–Crippen MR) is 151 cm³/mol. The lowest BCUT2D eigenvalue weighted by Gasteiger charge is -2.34. The number of hydrogen-bond donors (Lipinski definition) is 1. The van der Waals surface area contributed by atoms with Gasteiger partial charge in [0, 0.05) is 12.5 Å². The van der Waals surface area contributed by atoms with E-state index in [4.69, 9.17) is 18.9 Å². The first-order chi connectivity index (χ1) is 18.1. The number of nitrogens with one attached hydrogen (secondary N) is 1. The molecule has 1 aliphatic rings. The lowest BCUT2D eigenvalue weighted by molar-refractivity contribution is -0.160. The quantitative estimate of drug-likeness (QED) is 0.107. The normalized spacial score (nSPS) is 16.4. The molecule has 0 saturated heterocycles. The molecule has 0 bridgehead atoms. The van der Waals surface area contributed by atoms with Crippen LogP contribution in [-0.4, -0.2) is 64.0 Å². The molecule has 0 radical (unpaired) electrons. The number of unbranched alkanes of at least 4 members (excludes halogenated alkanes) is 2. The Kier molecular flexibility index (Phi) is 15.5. The van der Waals surface area contributed by atoms with Gasteiger partial charge in [-0.25, -0.2) is 0 Å². The van der Waals surface area contributed by atoms with Crippen molar-refractivity contribution < 1.29 is 28.5 Å². The maximum atomic E-state index is 13.6. The van der Waals surface area contributed by atoms with Crippen LogP contribution in [0.15, 0.2) is 47.1 Å². The SMILES string of the molecule is C=C(C)/C(=C\C1=C(C)NCO1)C(CN(C)CCC)C(OC(=O)[C@@H](CCCCC)CC(=O)OC)/C(=C\C)OC. The van der Waals surface area contributed by atoms with Crippen LogP contribution in [0.3, 0.4) is 0 Å². The van der Waals surface area contributed by atoms with E-state index in [-0.39, 0.29) is 12.3 Å². The van der Waals surface area contributed by atoms with Crippen LogP contribution in [0.2, 0.25) is 0 Å². The number of carbonyl (C=O) groups excluding carboxylic acids is 2. The fourth-order valence-electron chi connectivity index (χ4n) is 4.61. The molecule has 0 aromatic rings. The highest BCUT2D eigenvalue weighted by atomic mass is 16.6. The standard InChI is InChI=1S/C30H50N2O6/c1-10-13-14-15-23(17-28(33)36-9)30(34)38-29(26(12-3)35-8)25(19-32(7)16-11-2)24(21(4)5)18-27-22(6)31-20-37-27/h12,18,23,25,29,31H,4,10-11,13-17,19-20H2,1-3,5-9H3/b24-18+,26-12+/t23-,25?,29?/m0/s1. The second-order valence-electron chi connectivity index (χ2n) is 9.93. The monoisotopic (exact) mass is 534 g/mol. The van der Waals surface area contributed by atoms with Crippen LogP contribution in [0.4, 0.5) is 0 Å². The van der Waals surface area contributed by atoms with E-state index >= 15 is 0 Å². The lowest BCUT2D eigenvalue weighted by Crippen LogP contribution is -2.40. The number of rotatable bonds is 18. The Hall–Kier alpha value is -2.74. The van der Waals surface area contributed by atoms with Crippen molar-refractivity contribution in [2.75, 3.05) is 41.1 Å². The summed E-state index contributed by atoms with van der Waals surface area (Å²) < 4.78 is 22.7. The maximum Gasteiger partial charge on any atom is 0.310 e. The van der Waals surface area contributed by atoms with Gasteiger partial charge in [0.2, 0.25) is 0 Å². The summed E-state index contributed by atoms with van der Waals surface area (Å²) in [5.41, 5.74) is 2.69. The molecule has 0 aliphatic carbocycles. The van der Waals surface area contributed by atoms with E-state index in [1.807, 2.05) is 32.9 Å². The summed E-state index contributed by atoms with van der Waals surface area (Å²) in [4.78, 5) is 28.0. The molecule has 3 atom stereocenters. The molecule has 0 aromatic heterocycles. The molecule has 1 aliphatic heterocycles. The molecule has 2 unspecified atom stereocenters. The maximum absolute atomic E-state index is 13.6. The van der Waals surface area contributed by atoms with Gasteiger partial charge in [-0.15, -0.1) is 0 Å². The first kappa shape index (κ1) is 33.3. The van der Waals surface area contributed by atoms with Gasteiger partial charge >= 0.3 is 11.9 Å². The van der Waals surface area contributed by atoms with Crippen molar-refractivity contribution >= 4 is 11.9 Å². The van der Waals surface area contributed by atoms with Gasteiger partial charge in [0.05, 0.1) is 32.3 Å². The van der Waals surface area contributed by atoms with Gasteiger partial charge in [-0.3, -0.25) is 9.59 Å². The Morgan fingerprint density at radius 3 is 2.39 bits per heavy atom. The fraction of sp³-hybridized carbons (Fsp3) is 0.667. The second-order valence-corrected chi connectivity index (χ2v) is 9.93. The molecule has 1 rings (SSSR count). The van der Waals surface area contributed by atoms with Crippen molar-refractivity contribution in [3.05, 3.63) is 47.1 Å². The number of carbonyl (C=O) groups is 2. The van der Waals surface area contributed by atoms with Gasteiger partial charge in [0.1, 0.15) is 11.5 Å². The van der Waals surface area contributed by atoms with Crippen LogP contribution in [0, 0.1) is 11.8 Å². The van der Waals surface area contributed by atoms with Crippen LogP contribution >= 0.6 is 0 Å². The van der Waals surface area contributed by atoms with E-state index < -0.39 is 24.0 Å². The minimum atomic E-state index is -0.721. The number of esters is 2. The fourth-order valence-corrected chi connectivity index (χ4v) is 4.61. The Morgan fingerprint density at radius 1 is 1.18 bits per heavy atom. The molecule has 1 N–H and O–H groups in total.